The molecule has 3 aromatic rings. The lowest BCUT2D eigenvalue weighted by atomic mass is 10.1. The number of hydrogen-bond acceptors (Lipinski definition) is 7. The second kappa shape index (κ2) is 10.2. The molecule has 0 radical (unpaired) electrons. The van der Waals surface area contributed by atoms with Crippen LogP contribution in [0, 0.1) is 27.7 Å². The minimum Gasteiger partial charge on any atom is -0.496 e. The SMILES string of the molecule is COc1ccc(C)c(-n2c(N(C(=O)OC(C)(C)C)C(=O)OC(C)(C)C)c(C(=O)O)c3cc(C)c(C)nc32)c1C. The molecule has 0 aliphatic heterocycles. The summed E-state index contributed by atoms with van der Waals surface area (Å²) in [5.74, 6) is -1.07. The van der Waals surface area contributed by atoms with Crippen molar-refractivity contribution in [2.75, 3.05) is 12.0 Å². The summed E-state index contributed by atoms with van der Waals surface area (Å²) in [7, 11) is 1.53. The van der Waals surface area contributed by atoms with Crippen LogP contribution in [0.1, 0.15) is 74.3 Å². The van der Waals surface area contributed by atoms with E-state index >= 15 is 0 Å². The van der Waals surface area contributed by atoms with Crippen molar-refractivity contribution in [2.45, 2.75) is 80.4 Å². The number of carbonyl (C=O) groups excluding carboxylic acids is 2. The normalized spacial score (nSPS) is 11.9. The molecule has 39 heavy (non-hydrogen) atoms. The minimum absolute atomic E-state index is 0.249. The Hall–Kier alpha value is -4.08. The van der Waals surface area contributed by atoms with Crippen LogP contribution in [-0.4, -0.2) is 51.1 Å². The summed E-state index contributed by atoms with van der Waals surface area (Å²) < 4.78 is 18.3. The van der Waals surface area contributed by atoms with Gasteiger partial charge in [0.1, 0.15) is 28.2 Å². The van der Waals surface area contributed by atoms with E-state index in [1.165, 1.54) is 11.7 Å². The molecule has 0 unspecified atom stereocenters. The summed E-state index contributed by atoms with van der Waals surface area (Å²) >= 11 is 0. The van der Waals surface area contributed by atoms with Gasteiger partial charge in [0.25, 0.3) is 0 Å². The molecule has 1 aromatic carbocycles. The number of carboxylic acid groups (broad SMARTS) is 1. The van der Waals surface area contributed by atoms with Gasteiger partial charge in [-0.15, -0.1) is 0 Å². The van der Waals surface area contributed by atoms with Crippen LogP contribution in [-0.2, 0) is 9.47 Å². The number of imide groups is 1. The number of anilines is 1. The number of pyridine rings is 1. The Kier molecular flexibility index (Phi) is 7.74. The molecule has 210 valence electrons. The Morgan fingerprint density at radius 2 is 1.44 bits per heavy atom. The number of ether oxygens (including phenoxy) is 3. The number of aromatic carboxylic acids is 1. The molecular weight excluding hydrogens is 502 g/mol. The maximum atomic E-state index is 13.7. The van der Waals surface area contributed by atoms with E-state index in [9.17, 15) is 19.5 Å². The predicted molar refractivity (Wildman–Crippen MR) is 148 cm³/mol. The average Bonchev–Trinajstić information content (AvgIpc) is 3.05. The highest BCUT2D eigenvalue weighted by Crippen LogP contribution is 2.40. The van der Waals surface area contributed by atoms with Crippen molar-refractivity contribution in [1.29, 1.82) is 0 Å². The first-order chi connectivity index (χ1) is 17.9. The van der Waals surface area contributed by atoms with E-state index in [4.69, 9.17) is 19.2 Å². The van der Waals surface area contributed by atoms with E-state index in [1.54, 1.807) is 60.6 Å². The van der Waals surface area contributed by atoms with Gasteiger partial charge in [-0.1, -0.05) is 6.07 Å². The van der Waals surface area contributed by atoms with Gasteiger partial charge >= 0.3 is 18.2 Å². The van der Waals surface area contributed by atoms with E-state index in [-0.39, 0.29) is 22.4 Å². The van der Waals surface area contributed by atoms with Crippen LogP contribution in [0.2, 0.25) is 0 Å². The quantitative estimate of drug-likeness (QED) is 0.392. The molecule has 3 rings (SSSR count). The van der Waals surface area contributed by atoms with Crippen molar-refractivity contribution in [2.24, 2.45) is 0 Å². The van der Waals surface area contributed by atoms with Gasteiger partial charge in [-0.25, -0.2) is 19.4 Å². The predicted octanol–water partition coefficient (Wildman–Crippen LogP) is 6.64. The van der Waals surface area contributed by atoms with Gasteiger partial charge in [-0.3, -0.25) is 4.57 Å². The van der Waals surface area contributed by atoms with Crippen molar-refractivity contribution in [3.8, 4) is 11.4 Å². The topological polar surface area (TPSA) is 120 Å². The third kappa shape index (κ3) is 5.84. The van der Waals surface area contributed by atoms with Crippen LogP contribution >= 0.6 is 0 Å². The van der Waals surface area contributed by atoms with Crippen molar-refractivity contribution in [3.05, 3.63) is 46.1 Å². The highest BCUT2D eigenvalue weighted by Gasteiger charge is 2.40. The molecule has 1 N–H and O–H groups in total. The third-order valence-corrected chi connectivity index (χ3v) is 5.97. The summed E-state index contributed by atoms with van der Waals surface area (Å²) in [4.78, 5) is 45.7. The molecule has 0 spiro atoms. The maximum absolute atomic E-state index is 13.7. The first-order valence-corrected chi connectivity index (χ1v) is 12.5. The number of fused-ring (bicyclic) bond motifs is 1. The lowest BCUT2D eigenvalue weighted by Gasteiger charge is -2.30. The molecule has 10 heteroatoms. The largest absolute Gasteiger partial charge is 0.496 e. The van der Waals surface area contributed by atoms with Crippen molar-refractivity contribution in [1.82, 2.24) is 9.55 Å². The van der Waals surface area contributed by atoms with Gasteiger partial charge in [-0.2, -0.15) is 4.90 Å². The van der Waals surface area contributed by atoms with E-state index in [1.807, 2.05) is 26.8 Å². The number of carboxylic acids is 1. The van der Waals surface area contributed by atoms with Crippen LogP contribution in [0.15, 0.2) is 18.2 Å². The molecule has 0 aliphatic rings. The Labute approximate surface area is 228 Å². The molecule has 0 bridgehead atoms. The van der Waals surface area contributed by atoms with E-state index in [2.05, 4.69) is 0 Å². The second-order valence-electron chi connectivity index (χ2n) is 11.5. The fourth-order valence-corrected chi connectivity index (χ4v) is 4.26. The van der Waals surface area contributed by atoms with Crippen LogP contribution in [0.4, 0.5) is 15.4 Å². The molecular formula is C29H37N3O7. The number of aromatic nitrogens is 2. The zero-order valence-corrected chi connectivity index (χ0v) is 24.5. The lowest BCUT2D eigenvalue weighted by Crippen LogP contribution is -2.45. The molecule has 10 nitrogen and oxygen atoms in total. The summed E-state index contributed by atoms with van der Waals surface area (Å²) in [6.45, 7) is 17.2. The highest BCUT2D eigenvalue weighted by atomic mass is 16.6. The summed E-state index contributed by atoms with van der Waals surface area (Å²) in [6.07, 6.45) is -2.18. The molecule has 0 aliphatic carbocycles. The number of benzene rings is 1. The third-order valence-electron chi connectivity index (χ3n) is 5.97. The fourth-order valence-electron chi connectivity index (χ4n) is 4.26. The van der Waals surface area contributed by atoms with Crippen molar-refractivity contribution >= 4 is 35.0 Å². The Morgan fingerprint density at radius 1 is 0.897 bits per heavy atom. The molecule has 0 fully saturated rings. The zero-order valence-electron chi connectivity index (χ0n) is 24.5. The number of carbonyl (C=O) groups is 3. The Balaban J connectivity index is 2.61. The first-order valence-electron chi connectivity index (χ1n) is 12.5. The number of rotatable bonds is 4. The first kappa shape index (κ1) is 29.5. The van der Waals surface area contributed by atoms with Gasteiger partial charge < -0.3 is 19.3 Å². The molecule has 2 amide bonds. The van der Waals surface area contributed by atoms with Gasteiger partial charge in [-0.05, 0) is 92.5 Å². The highest BCUT2D eigenvalue weighted by molar-refractivity contribution is 6.18. The van der Waals surface area contributed by atoms with Crippen molar-refractivity contribution in [3.63, 3.8) is 0 Å². The number of aryl methyl sites for hydroxylation is 3. The fraction of sp³-hybridized carbons (Fsp3) is 0.448. The number of amides is 2. The smallest absolute Gasteiger partial charge is 0.425 e. The van der Waals surface area contributed by atoms with Crippen LogP contribution in [0.25, 0.3) is 16.7 Å². The number of nitrogens with zero attached hydrogens (tertiary/aromatic N) is 3. The van der Waals surface area contributed by atoms with E-state index in [0.717, 1.165) is 11.1 Å². The van der Waals surface area contributed by atoms with E-state index < -0.39 is 29.4 Å². The maximum Gasteiger partial charge on any atom is 0.425 e. The monoisotopic (exact) mass is 539 g/mol. The Morgan fingerprint density at radius 3 is 1.90 bits per heavy atom. The van der Waals surface area contributed by atoms with Gasteiger partial charge in [0, 0.05) is 16.6 Å². The molecule has 2 aromatic heterocycles. The standard InChI is InChI=1S/C29H37N3O7/c1-15-12-13-20(37-11)17(3)22(15)31-23-19(14-16(2)18(4)30-23)21(25(33)34)24(31)32(26(35)38-28(5,6)7)27(36)39-29(8,9)10/h12-14H,1-11H3,(H,33,34). The number of methoxy groups -OCH3 is 1. The second-order valence-corrected chi connectivity index (χ2v) is 11.5. The van der Waals surface area contributed by atoms with Crippen molar-refractivity contribution < 1.29 is 33.7 Å². The van der Waals surface area contributed by atoms with Gasteiger partial charge in [0.2, 0.25) is 0 Å². The summed E-state index contributed by atoms with van der Waals surface area (Å²) in [6, 6.07) is 5.29. The van der Waals surface area contributed by atoms with E-state index in [0.29, 0.717) is 27.6 Å². The minimum atomic E-state index is -1.35. The summed E-state index contributed by atoms with van der Waals surface area (Å²) in [5, 5.41) is 10.8. The Bertz CT molecular complexity index is 1450. The average molecular weight is 540 g/mol. The molecule has 0 saturated heterocycles. The summed E-state index contributed by atoms with van der Waals surface area (Å²) in [5.41, 5.74) is 1.27. The molecule has 2 heterocycles. The number of hydrogen-bond donors (Lipinski definition) is 1. The lowest BCUT2D eigenvalue weighted by molar-refractivity contribution is 0.0428. The van der Waals surface area contributed by atoms with Gasteiger partial charge in [0.05, 0.1) is 12.8 Å². The molecule has 0 atom stereocenters. The van der Waals surface area contributed by atoms with Crippen LogP contribution in [0.3, 0.4) is 0 Å². The molecule has 0 saturated carbocycles. The van der Waals surface area contributed by atoms with Crippen LogP contribution < -0.4 is 9.64 Å². The van der Waals surface area contributed by atoms with Gasteiger partial charge in [0.15, 0.2) is 5.82 Å². The zero-order chi connectivity index (χ0) is 29.6. The van der Waals surface area contributed by atoms with Crippen LogP contribution in [0.5, 0.6) is 5.75 Å².